The predicted octanol–water partition coefficient (Wildman–Crippen LogP) is 2.55. The van der Waals surface area contributed by atoms with Gasteiger partial charge in [0.25, 0.3) is 0 Å². The zero-order chi connectivity index (χ0) is 12.6. The van der Waals surface area contributed by atoms with Gasteiger partial charge in [-0.15, -0.1) is 11.3 Å². The molecule has 0 bridgehead atoms. The van der Waals surface area contributed by atoms with Crippen LogP contribution in [0.1, 0.15) is 29.5 Å². The van der Waals surface area contributed by atoms with E-state index < -0.39 is 0 Å². The van der Waals surface area contributed by atoms with Crippen molar-refractivity contribution >= 4 is 11.3 Å². The highest BCUT2D eigenvalue weighted by Crippen LogP contribution is 2.30. The molecule has 1 N–H and O–H groups in total. The summed E-state index contributed by atoms with van der Waals surface area (Å²) in [7, 11) is 0. The van der Waals surface area contributed by atoms with Gasteiger partial charge in [0.15, 0.2) is 0 Å². The summed E-state index contributed by atoms with van der Waals surface area (Å²) in [6.45, 7) is 7.64. The molecule has 0 aromatic carbocycles. The Balaban J connectivity index is 1.90. The van der Waals surface area contributed by atoms with Crippen molar-refractivity contribution in [3.05, 3.63) is 40.1 Å². The molecule has 2 aromatic rings. The van der Waals surface area contributed by atoms with Gasteiger partial charge in [-0.25, -0.2) is 4.98 Å². The Morgan fingerprint density at radius 1 is 1.56 bits per heavy atom. The zero-order valence-electron chi connectivity index (χ0n) is 10.9. The fraction of sp³-hybridized carbons (Fsp3) is 0.500. The van der Waals surface area contributed by atoms with E-state index in [0.29, 0.717) is 0 Å². The van der Waals surface area contributed by atoms with Crippen molar-refractivity contribution in [1.82, 2.24) is 14.9 Å². The predicted molar refractivity (Wildman–Crippen MR) is 75.2 cm³/mol. The van der Waals surface area contributed by atoms with Gasteiger partial charge in [0.1, 0.15) is 0 Å². The molecule has 1 atom stereocenters. The first kappa shape index (κ1) is 11.9. The van der Waals surface area contributed by atoms with Crippen molar-refractivity contribution in [2.75, 3.05) is 13.1 Å². The molecule has 1 saturated heterocycles. The number of nitrogens with zero attached hydrogens (tertiary/aromatic N) is 2. The van der Waals surface area contributed by atoms with Gasteiger partial charge in [-0.1, -0.05) is 6.92 Å². The second-order valence-corrected chi connectivity index (χ2v) is 6.42. The molecule has 3 nitrogen and oxygen atoms in total. The van der Waals surface area contributed by atoms with Crippen LogP contribution in [0.5, 0.6) is 0 Å². The molecule has 18 heavy (non-hydrogen) atoms. The summed E-state index contributed by atoms with van der Waals surface area (Å²) >= 11 is 1.83. The second kappa shape index (κ2) is 4.52. The molecule has 2 aromatic heterocycles. The Morgan fingerprint density at radius 3 is 3.11 bits per heavy atom. The van der Waals surface area contributed by atoms with E-state index in [1.165, 1.54) is 22.6 Å². The second-order valence-electron chi connectivity index (χ2n) is 5.42. The van der Waals surface area contributed by atoms with Gasteiger partial charge < -0.3 is 9.88 Å². The molecule has 4 heteroatoms. The van der Waals surface area contributed by atoms with Crippen LogP contribution in [0, 0.1) is 6.92 Å². The fourth-order valence-electron chi connectivity index (χ4n) is 2.71. The van der Waals surface area contributed by atoms with Gasteiger partial charge in [-0.3, -0.25) is 0 Å². The maximum absolute atomic E-state index is 4.36. The molecule has 1 fully saturated rings. The third-order valence-corrected chi connectivity index (χ3v) is 4.99. The molecule has 96 valence electrons. The zero-order valence-corrected chi connectivity index (χ0v) is 11.8. The average Bonchev–Trinajstić information content (AvgIpc) is 3.03. The van der Waals surface area contributed by atoms with Crippen LogP contribution in [-0.4, -0.2) is 22.6 Å². The van der Waals surface area contributed by atoms with E-state index in [4.69, 9.17) is 0 Å². The number of imidazole rings is 1. The highest BCUT2D eigenvalue weighted by Gasteiger charge is 2.33. The lowest BCUT2D eigenvalue weighted by atomic mass is 9.86. The maximum atomic E-state index is 4.36. The number of thiophene rings is 1. The normalized spacial score (nSPS) is 23.7. The molecule has 1 unspecified atom stereocenters. The fourth-order valence-corrected chi connectivity index (χ4v) is 3.61. The smallest absolute Gasteiger partial charge is 0.0951 e. The van der Waals surface area contributed by atoms with Crippen LogP contribution in [0.2, 0.25) is 0 Å². The summed E-state index contributed by atoms with van der Waals surface area (Å²) in [4.78, 5) is 5.80. The van der Waals surface area contributed by atoms with Crippen LogP contribution >= 0.6 is 11.3 Å². The third-order valence-electron chi connectivity index (χ3n) is 3.98. The van der Waals surface area contributed by atoms with Gasteiger partial charge >= 0.3 is 0 Å². The third kappa shape index (κ3) is 1.99. The van der Waals surface area contributed by atoms with Crippen LogP contribution in [0.25, 0.3) is 0 Å². The molecule has 0 spiro atoms. The van der Waals surface area contributed by atoms with Crippen molar-refractivity contribution in [3.8, 4) is 0 Å². The standard InChI is InChI=1S/C14H19N3S/c1-11-3-6-18-12(11)8-17-10-16-7-13(17)14(2)4-5-15-9-14/h3,6-7,10,15H,4-5,8-9H2,1-2H3. The molecular weight excluding hydrogens is 242 g/mol. The Morgan fingerprint density at radius 2 is 2.44 bits per heavy atom. The van der Waals surface area contributed by atoms with Gasteiger partial charge in [0.2, 0.25) is 0 Å². The topological polar surface area (TPSA) is 29.9 Å². The SMILES string of the molecule is Cc1ccsc1Cn1cncc1C1(C)CCNC1. The van der Waals surface area contributed by atoms with E-state index in [1.54, 1.807) is 0 Å². The summed E-state index contributed by atoms with van der Waals surface area (Å²) in [5.41, 5.74) is 2.98. The lowest BCUT2D eigenvalue weighted by molar-refractivity contribution is 0.482. The van der Waals surface area contributed by atoms with E-state index >= 15 is 0 Å². The van der Waals surface area contributed by atoms with E-state index in [2.05, 4.69) is 40.2 Å². The lowest BCUT2D eigenvalue weighted by Gasteiger charge is -2.24. The number of rotatable bonds is 3. The Bertz CT molecular complexity index is 535. The lowest BCUT2D eigenvalue weighted by Crippen LogP contribution is -2.28. The van der Waals surface area contributed by atoms with Crippen LogP contribution < -0.4 is 5.32 Å². The molecule has 0 amide bonds. The molecular formula is C14H19N3S. The summed E-state index contributed by atoms with van der Waals surface area (Å²) in [6, 6.07) is 2.19. The van der Waals surface area contributed by atoms with E-state index in [9.17, 15) is 0 Å². The highest BCUT2D eigenvalue weighted by atomic mass is 32.1. The minimum absolute atomic E-state index is 0.238. The van der Waals surface area contributed by atoms with Gasteiger partial charge in [0, 0.05) is 28.7 Å². The monoisotopic (exact) mass is 261 g/mol. The molecule has 3 heterocycles. The Labute approximate surface area is 112 Å². The number of hydrogen-bond acceptors (Lipinski definition) is 3. The highest BCUT2D eigenvalue weighted by molar-refractivity contribution is 7.10. The first-order valence-corrected chi connectivity index (χ1v) is 7.31. The number of nitrogens with one attached hydrogen (secondary N) is 1. The summed E-state index contributed by atoms with van der Waals surface area (Å²) in [6.07, 6.45) is 5.20. The van der Waals surface area contributed by atoms with E-state index in [1.807, 2.05) is 23.9 Å². The molecule has 0 radical (unpaired) electrons. The van der Waals surface area contributed by atoms with Crippen LogP contribution in [0.4, 0.5) is 0 Å². The number of hydrogen-bond donors (Lipinski definition) is 1. The first-order valence-electron chi connectivity index (χ1n) is 6.43. The molecule has 0 saturated carbocycles. The largest absolute Gasteiger partial charge is 0.329 e. The van der Waals surface area contributed by atoms with Gasteiger partial charge in [-0.2, -0.15) is 0 Å². The minimum Gasteiger partial charge on any atom is -0.329 e. The van der Waals surface area contributed by atoms with Crippen molar-refractivity contribution in [2.45, 2.75) is 32.2 Å². The Kier molecular flexibility index (Phi) is 2.99. The molecule has 1 aliphatic rings. The Hall–Kier alpha value is -1.13. The quantitative estimate of drug-likeness (QED) is 0.920. The van der Waals surface area contributed by atoms with Crippen LogP contribution in [-0.2, 0) is 12.0 Å². The van der Waals surface area contributed by atoms with E-state index in [-0.39, 0.29) is 5.41 Å². The summed E-state index contributed by atoms with van der Waals surface area (Å²) in [5.74, 6) is 0. The maximum Gasteiger partial charge on any atom is 0.0951 e. The summed E-state index contributed by atoms with van der Waals surface area (Å²) in [5, 5.41) is 5.63. The van der Waals surface area contributed by atoms with E-state index in [0.717, 1.165) is 19.6 Å². The van der Waals surface area contributed by atoms with Crippen molar-refractivity contribution in [1.29, 1.82) is 0 Å². The van der Waals surface area contributed by atoms with Crippen LogP contribution in [0.3, 0.4) is 0 Å². The van der Waals surface area contributed by atoms with Gasteiger partial charge in [-0.05, 0) is 36.9 Å². The molecule has 0 aliphatic carbocycles. The minimum atomic E-state index is 0.238. The molecule has 1 aliphatic heterocycles. The van der Waals surface area contributed by atoms with Crippen LogP contribution in [0.15, 0.2) is 24.0 Å². The number of aromatic nitrogens is 2. The van der Waals surface area contributed by atoms with Crippen molar-refractivity contribution < 1.29 is 0 Å². The van der Waals surface area contributed by atoms with Gasteiger partial charge in [0.05, 0.1) is 12.9 Å². The number of aryl methyl sites for hydroxylation is 1. The molecule has 3 rings (SSSR count). The first-order chi connectivity index (χ1) is 8.69. The average molecular weight is 261 g/mol. The van der Waals surface area contributed by atoms with Crippen molar-refractivity contribution in [3.63, 3.8) is 0 Å². The summed E-state index contributed by atoms with van der Waals surface area (Å²) < 4.78 is 2.31. The van der Waals surface area contributed by atoms with Crippen molar-refractivity contribution in [2.24, 2.45) is 0 Å².